The van der Waals surface area contributed by atoms with Crippen LogP contribution in [0.2, 0.25) is 0 Å². The van der Waals surface area contributed by atoms with Crippen molar-refractivity contribution in [1.29, 1.82) is 0 Å². The van der Waals surface area contributed by atoms with Crippen molar-refractivity contribution in [2.45, 2.75) is 45.8 Å². The quantitative estimate of drug-likeness (QED) is 0.797. The molecular formula is C19H29N3O. The molecule has 126 valence electrons. The van der Waals surface area contributed by atoms with Crippen LogP contribution in [0.4, 0.5) is 0 Å². The van der Waals surface area contributed by atoms with Crippen LogP contribution in [0.3, 0.4) is 0 Å². The number of benzene rings is 1. The summed E-state index contributed by atoms with van der Waals surface area (Å²) < 4.78 is 7.72. The highest BCUT2D eigenvalue weighted by atomic mass is 16.5. The molecule has 4 heteroatoms. The van der Waals surface area contributed by atoms with Gasteiger partial charge in [-0.05, 0) is 42.2 Å². The maximum absolute atomic E-state index is 6.40. The smallest absolute Gasteiger partial charge is 0.0593 e. The average Bonchev–Trinajstić information content (AvgIpc) is 3.06. The van der Waals surface area contributed by atoms with Gasteiger partial charge in [-0.1, -0.05) is 13.3 Å². The van der Waals surface area contributed by atoms with Crippen molar-refractivity contribution < 1.29 is 4.74 Å². The third-order valence-electron chi connectivity index (χ3n) is 4.88. The van der Waals surface area contributed by atoms with Crippen LogP contribution in [-0.4, -0.2) is 29.2 Å². The second kappa shape index (κ2) is 7.04. The van der Waals surface area contributed by atoms with E-state index in [1.165, 1.54) is 27.6 Å². The van der Waals surface area contributed by atoms with E-state index >= 15 is 0 Å². The SMILES string of the molecule is CCCC(N)c1cn(C)c2cc3c(cc12)CN(CCOCC)C3. The number of hydrogen-bond donors (Lipinski definition) is 1. The molecule has 0 saturated heterocycles. The summed E-state index contributed by atoms with van der Waals surface area (Å²) >= 11 is 0. The number of ether oxygens (including phenoxy) is 1. The number of nitrogens with zero attached hydrogens (tertiary/aromatic N) is 2. The summed E-state index contributed by atoms with van der Waals surface area (Å²) in [6, 6.07) is 4.86. The third-order valence-corrected chi connectivity index (χ3v) is 4.88. The number of fused-ring (bicyclic) bond motifs is 2. The minimum absolute atomic E-state index is 0.136. The number of rotatable bonds is 7. The summed E-state index contributed by atoms with van der Waals surface area (Å²) in [5.41, 5.74) is 11.9. The van der Waals surface area contributed by atoms with Gasteiger partial charge < -0.3 is 15.0 Å². The van der Waals surface area contributed by atoms with Gasteiger partial charge in [-0.25, -0.2) is 0 Å². The van der Waals surface area contributed by atoms with Gasteiger partial charge in [0.15, 0.2) is 0 Å². The highest BCUT2D eigenvalue weighted by Crippen LogP contribution is 2.33. The third kappa shape index (κ3) is 3.30. The Hall–Kier alpha value is -1.36. The summed E-state index contributed by atoms with van der Waals surface area (Å²) in [6.07, 6.45) is 4.37. The first-order chi connectivity index (χ1) is 11.1. The molecule has 0 radical (unpaired) electrons. The summed E-state index contributed by atoms with van der Waals surface area (Å²) in [7, 11) is 2.12. The van der Waals surface area contributed by atoms with Crippen LogP contribution in [0.1, 0.15) is 49.4 Å². The zero-order valence-electron chi connectivity index (χ0n) is 14.6. The molecular weight excluding hydrogens is 286 g/mol. The molecule has 1 aromatic heterocycles. The number of nitrogens with two attached hydrogens (primary N) is 1. The van der Waals surface area contributed by atoms with Crippen molar-refractivity contribution >= 4 is 10.9 Å². The predicted octanol–water partition coefficient (Wildman–Crippen LogP) is 3.33. The van der Waals surface area contributed by atoms with Crippen molar-refractivity contribution in [3.63, 3.8) is 0 Å². The molecule has 1 aliphatic rings. The first kappa shape index (κ1) is 16.5. The highest BCUT2D eigenvalue weighted by molar-refractivity contribution is 5.86. The van der Waals surface area contributed by atoms with Gasteiger partial charge in [0, 0.05) is 56.4 Å². The summed E-state index contributed by atoms with van der Waals surface area (Å²) in [6.45, 7) is 8.90. The lowest BCUT2D eigenvalue weighted by atomic mass is 10.00. The highest BCUT2D eigenvalue weighted by Gasteiger charge is 2.22. The van der Waals surface area contributed by atoms with E-state index in [0.29, 0.717) is 0 Å². The van der Waals surface area contributed by atoms with E-state index in [9.17, 15) is 0 Å². The van der Waals surface area contributed by atoms with Gasteiger partial charge in [0.2, 0.25) is 0 Å². The minimum atomic E-state index is 0.136. The Balaban J connectivity index is 1.86. The molecule has 2 N–H and O–H groups in total. The normalized spacial score (nSPS) is 16.2. The van der Waals surface area contributed by atoms with Crippen molar-refractivity contribution in [2.24, 2.45) is 12.8 Å². The fourth-order valence-electron chi connectivity index (χ4n) is 3.64. The van der Waals surface area contributed by atoms with Crippen molar-refractivity contribution in [3.05, 3.63) is 35.0 Å². The zero-order valence-corrected chi connectivity index (χ0v) is 14.6. The van der Waals surface area contributed by atoms with Gasteiger partial charge in [-0.2, -0.15) is 0 Å². The fourth-order valence-corrected chi connectivity index (χ4v) is 3.64. The average molecular weight is 315 g/mol. The van der Waals surface area contributed by atoms with E-state index in [2.05, 4.69) is 41.8 Å². The van der Waals surface area contributed by atoms with Crippen LogP contribution in [0.5, 0.6) is 0 Å². The fraction of sp³-hybridized carbons (Fsp3) is 0.579. The lowest BCUT2D eigenvalue weighted by molar-refractivity contribution is 0.113. The van der Waals surface area contributed by atoms with Gasteiger partial charge in [-0.3, -0.25) is 4.90 Å². The molecule has 0 amide bonds. The maximum atomic E-state index is 6.40. The second-order valence-electron chi connectivity index (χ2n) is 6.64. The number of aryl methyl sites for hydroxylation is 1. The number of aromatic nitrogens is 1. The van der Waals surface area contributed by atoms with Gasteiger partial charge >= 0.3 is 0 Å². The Bertz CT molecular complexity index is 677. The first-order valence-electron chi connectivity index (χ1n) is 8.80. The van der Waals surface area contributed by atoms with E-state index in [1.807, 2.05) is 6.92 Å². The Morgan fingerprint density at radius 1 is 1.22 bits per heavy atom. The number of hydrogen-bond acceptors (Lipinski definition) is 3. The van der Waals surface area contributed by atoms with Crippen LogP contribution in [0.25, 0.3) is 10.9 Å². The maximum Gasteiger partial charge on any atom is 0.0593 e. The molecule has 4 nitrogen and oxygen atoms in total. The van der Waals surface area contributed by atoms with Crippen LogP contribution >= 0.6 is 0 Å². The van der Waals surface area contributed by atoms with Gasteiger partial charge in [0.25, 0.3) is 0 Å². The van der Waals surface area contributed by atoms with Crippen LogP contribution in [-0.2, 0) is 24.9 Å². The Morgan fingerprint density at radius 3 is 2.65 bits per heavy atom. The van der Waals surface area contributed by atoms with Crippen molar-refractivity contribution in [3.8, 4) is 0 Å². The molecule has 1 aliphatic heterocycles. The van der Waals surface area contributed by atoms with Gasteiger partial charge in [0.1, 0.15) is 0 Å². The topological polar surface area (TPSA) is 43.4 Å². The summed E-state index contributed by atoms with van der Waals surface area (Å²) in [4.78, 5) is 2.46. The lowest BCUT2D eigenvalue weighted by Crippen LogP contribution is -2.21. The zero-order chi connectivity index (χ0) is 16.4. The molecule has 0 saturated carbocycles. The van der Waals surface area contributed by atoms with E-state index in [1.54, 1.807) is 0 Å². The molecule has 0 fully saturated rings. The molecule has 2 heterocycles. The molecule has 23 heavy (non-hydrogen) atoms. The van der Waals surface area contributed by atoms with Crippen LogP contribution in [0, 0.1) is 0 Å². The molecule has 0 spiro atoms. The summed E-state index contributed by atoms with van der Waals surface area (Å²) in [5.74, 6) is 0. The van der Waals surface area contributed by atoms with Crippen LogP contribution in [0.15, 0.2) is 18.3 Å². The molecule has 0 bridgehead atoms. The first-order valence-corrected chi connectivity index (χ1v) is 8.80. The Morgan fingerprint density at radius 2 is 1.96 bits per heavy atom. The lowest BCUT2D eigenvalue weighted by Gasteiger charge is -2.13. The van der Waals surface area contributed by atoms with E-state index in [0.717, 1.165) is 45.7 Å². The van der Waals surface area contributed by atoms with Crippen molar-refractivity contribution in [2.75, 3.05) is 19.8 Å². The molecule has 1 atom stereocenters. The predicted molar refractivity (Wildman–Crippen MR) is 95.4 cm³/mol. The largest absolute Gasteiger partial charge is 0.380 e. The molecule has 1 aromatic carbocycles. The van der Waals surface area contributed by atoms with Crippen molar-refractivity contribution in [1.82, 2.24) is 9.47 Å². The molecule has 3 rings (SSSR count). The summed E-state index contributed by atoms with van der Waals surface area (Å²) in [5, 5.41) is 1.33. The van der Waals surface area contributed by atoms with E-state index in [-0.39, 0.29) is 6.04 Å². The van der Waals surface area contributed by atoms with Gasteiger partial charge in [0.05, 0.1) is 6.61 Å². The molecule has 2 aromatic rings. The standard InChI is InChI=1S/C19H29N3O/c1-4-6-18(20)17-13-21(3)19-10-15-12-22(7-8-23-5-2)11-14(15)9-16(17)19/h9-10,13,18H,4-8,11-12,20H2,1-3H3. The minimum Gasteiger partial charge on any atom is -0.380 e. The Labute approximate surface area is 139 Å². The van der Waals surface area contributed by atoms with E-state index < -0.39 is 0 Å². The Kier molecular flexibility index (Phi) is 5.05. The second-order valence-corrected chi connectivity index (χ2v) is 6.64. The molecule has 1 unspecified atom stereocenters. The van der Waals surface area contributed by atoms with Crippen LogP contribution < -0.4 is 5.73 Å². The van der Waals surface area contributed by atoms with E-state index in [4.69, 9.17) is 10.5 Å². The molecule has 0 aliphatic carbocycles. The van der Waals surface area contributed by atoms with Gasteiger partial charge in [-0.15, -0.1) is 0 Å². The monoisotopic (exact) mass is 315 g/mol.